The highest BCUT2D eigenvalue weighted by atomic mass is 16.6. The predicted octanol–water partition coefficient (Wildman–Crippen LogP) is 1.74. The molecule has 0 saturated heterocycles. The first-order chi connectivity index (χ1) is 7.99. The summed E-state index contributed by atoms with van der Waals surface area (Å²) < 4.78 is 9.94. The number of ketones is 1. The van der Waals surface area contributed by atoms with Crippen LogP contribution in [0, 0.1) is 10.1 Å². The number of methoxy groups -OCH3 is 2. The molecule has 0 atom stereocenters. The Bertz CT molecular complexity index is 455. The molecular weight excluding hydrogens is 226 g/mol. The maximum atomic E-state index is 11.1. The molecule has 0 aliphatic heterocycles. The maximum Gasteiger partial charge on any atom is 0.314 e. The van der Waals surface area contributed by atoms with Crippen LogP contribution in [0.15, 0.2) is 12.1 Å². The van der Waals surface area contributed by atoms with Gasteiger partial charge in [-0.15, -0.1) is 0 Å². The Kier molecular flexibility index (Phi) is 4.03. The number of nitro groups is 1. The van der Waals surface area contributed by atoms with Crippen LogP contribution in [0.3, 0.4) is 0 Å². The average molecular weight is 239 g/mol. The molecule has 0 spiro atoms. The second kappa shape index (κ2) is 5.29. The van der Waals surface area contributed by atoms with Crippen LogP contribution < -0.4 is 9.47 Å². The summed E-state index contributed by atoms with van der Waals surface area (Å²) >= 11 is 0. The van der Waals surface area contributed by atoms with Crippen molar-refractivity contribution >= 4 is 11.5 Å². The molecule has 0 aliphatic rings. The van der Waals surface area contributed by atoms with Crippen LogP contribution >= 0.6 is 0 Å². The molecule has 0 N–H and O–H groups in total. The first-order valence-corrected chi connectivity index (χ1v) is 4.88. The smallest absolute Gasteiger partial charge is 0.314 e. The number of Topliss-reactive ketones (excluding diaryl/α,β-unsaturated/α-hetero) is 1. The Morgan fingerprint density at radius 3 is 2.29 bits per heavy atom. The lowest BCUT2D eigenvalue weighted by Gasteiger charge is -2.09. The molecule has 0 aliphatic carbocycles. The molecule has 0 heterocycles. The van der Waals surface area contributed by atoms with Crippen molar-refractivity contribution in [1.29, 1.82) is 0 Å². The molecular formula is C11H13NO5. The van der Waals surface area contributed by atoms with E-state index in [2.05, 4.69) is 0 Å². The number of carbonyl (C=O) groups is 1. The monoisotopic (exact) mass is 239 g/mol. The molecule has 1 aromatic rings. The minimum absolute atomic E-state index is 0.0563. The van der Waals surface area contributed by atoms with E-state index in [9.17, 15) is 14.9 Å². The number of nitrogens with zero attached hydrogens (tertiary/aromatic N) is 1. The van der Waals surface area contributed by atoms with E-state index in [0.717, 1.165) is 0 Å². The van der Waals surface area contributed by atoms with Gasteiger partial charge in [-0.25, -0.2) is 0 Å². The van der Waals surface area contributed by atoms with Gasteiger partial charge in [0.1, 0.15) is 11.5 Å². The van der Waals surface area contributed by atoms with Gasteiger partial charge in [0, 0.05) is 12.0 Å². The Labute approximate surface area is 98.3 Å². The summed E-state index contributed by atoms with van der Waals surface area (Å²) in [7, 11) is 2.74. The largest absolute Gasteiger partial charge is 0.496 e. The van der Waals surface area contributed by atoms with Gasteiger partial charge in [-0.1, -0.05) is 0 Å². The lowest BCUT2D eigenvalue weighted by Crippen LogP contribution is -2.02. The molecule has 0 unspecified atom stereocenters. The molecule has 0 amide bonds. The van der Waals surface area contributed by atoms with E-state index in [-0.39, 0.29) is 23.6 Å². The molecule has 0 saturated carbocycles. The summed E-state index contributed by atoms with van der Waals surface area (Å²) in [6.45, 7) is 1.44. The molecule has 1 rings (SSSR count). The van der Waals surface area contributed by atoms with E-state index in [1.807, 2.05) is 0 Å². The van der Waals surface area contributed by atoms with Crippen molar-refractivity contribution in [2.24, 2.45) is 0 Å². The first-order valence-electron chi connectivity index (χ1n) is 4.88. The Morgan fingerprint density at radius 2 is 1.88 bits per heavy atom. The van der Waals surface area contributed by atoms with Crippen LogP contribution in [0.2, 0.25) is 0 Å². The average Bonchev–Trinajstić information content (AvgIpc) is 2.27. The highest BCUT2D eigenvalue weighted by Gasteiger charge is 2.19. The summed E-state index contributed by atoms with van der Waals surface area (Å²) in [5.74, 6) is 0.374. The maximum absolute atomic E-state index is 11.1. The first kappa shape index (κ1) is 13.0. The van der Waals surface area contributed by atoms with E-state index in [4.69, 9.17) is 9.47 Å². The molecule has 0 fully saturated rings. The Balaban J connectivity index is 3.32. The van der Waals surface area contributed by atoms with E-state index in [0.29, 0.717) is 11.3 Å². The third-order valence-corrected chi connectivity index (χ3v) is 2.22. The number of carbonyl (C=O) groups excluding carboxylic acids is 1. The zero-order chi connectivity index (χ0) is 13.0. The lowest BCUT2D eigenvalue weighted by atomic mass is 10.1. The molecule has 0 aromatic heterocycles. The van der Waals surface area contributed by atoms with Crippen molar-refractivity contribution in [2.75, 3.05) is 14.2 Å². The summed E-state index contributed by atoms with van der Waals surface area (Å²) in [5, 5.41) is 10.8. The molecule has 6 heteroatoms. The third kappa shape index (κ3) is 2.93. The lowest BCUT2D eigenvalue weighted by molar-refractivity contribution is -0.385. The van der Waals surface area contributed by atoms with Gasteiger partial charge >= 0.3 is 5.69 Å². The highest BCUT2D eigenvalue weighted by Crippen LogP contribution is 2.34. The van der Waals surface area contributed by atoms with E-state index < -0.39 is 4.92 Å². The summed E-state index contributed by atoms with van der Waals surface area (Å²) in [6.07, 6.45) is 0.150. The SMILES string of the molecule is COc1cc([N+](=O)[O-])c(OC)cc1CC(C)=O. The van der Waals surface area contributed by atoms with Crippen LogP contribution in [-0.4, -0.2) is 24.9 Å². The number of benzene rings is 1. The van der Waals surface area contributed by atoms with Crippen molar-refractivity contribution in [1.82, 2.24) is 0 Å². The second-order valence-corrected chi connectivity index (χ2v) is 3.47. The summed E-state index contributed by atoms with van der Waals surface area (Å²) in [6, 6.07) is 2.72. The number of ether oxygens (including phenoxy) is 2. The van der Waals surface area contributed by atoms with Gasteiger partial charge in [-0.05, 0) is 13.0 Å². The van der Waals surface area contributed by atoms with Crippen molar-refractivity contribution in [3.8, 4) is 11.5 Å². The fourth-order valence-electron chi connectivity index (χ4n) is 1.49. The van der Waals surface area contributed by atoms with Gasteiger partial charge in [0.2, 0.25) is 0 Å². The fourth-order valence-corrected chi connectivity index (χ4v) is 1.49. The normalized spacial score (nSPS) is 9.82. The van der Waals surface area contributed by atoms with Gasteiger partial charge in [-0.2, -0.15) is 0 Å². The number of nitro benzene ring substituents is 1. The molecule has 6 nitrogen and oxygen atoms in total. The van der Waals surface area contributed by atoms with Gasteiger partial charge in [0.25, 0.3) is 0 Å². The third-order valence-electron chi connectivity index (χ3n) is 2.22. The van der Waals surface area contributed by atoms with Crippen LogP contribution in [0.1, 0.15) is 12.5 Å². The molecule has 92 valence electrons. The van der Waals surface area contributed by atoms with Crippen LogP contribution in [0.25, 0.3) is 0 Å². The summed E-state index contributed by atoms with van der Waals surface area (Å²) in [4.78, 5) is 21.3. The Hall–Kier alpha value is -2.11. The quantitative estimate of drug-likeness (QED) is 0.577. The minimum atomic E-state index is -0.557. The van der Waals surface area contributed by atoms with Crippen LogP contribution in [-0.2, 0) is 11.2 Å². The van der Waals surface area contributed by atoms with Gasteiger partial charge in [0.15, 0.2) is 5.75 Å². The van der Waals surface area contributed by atoms with Gasteiger partial charge in [-0.3, -0.25) is 14.9 Å². The van der Waals surface area contributed by atoms with Crippen molar-refractivity contribution in [3.05, 3.63) is 27.8 Å². The fraction of sp³-hybridized carbons (Fsp3) is 0.364. The molecule has 0 bridgehead atoms. The molecule has 17 heavy (non-hydrogen) atoms. The molecule has 1 aromatic carbocycles. The van der Waals surface area contributed by atoms with Crippen molar-refractivity contribution < 1.29 is 19.2 Å². The standard InChI is InChI=1S/C11H13NO5/c1-7(13)4-8-5-11(17-3)9(12(14)15)6-10(8)16-2/h5-6H,4H2,1-3H3. The second-order valence-electron chi connectivity index (χ2n) is 3.47. The van der Waals surface area contributed by atoms with Gasteiger partial charge in [0.05, 0.1) is 25.2 Å². The minimum Gasteiger partial charge on any atom is -0.496 e. The van der Waals surface area contributed by atoms with E-state index in [1.54, 1.807) is 0 Å². The van der Waals surface area contributed by atoms with Crippen molar-refractivity contribution in [3.63, 3.8) is 0 Å². The number of hydrogen-bond donors (Lipinski definition) is 0. The van der Waals surface area contributed by atoms with Crippen LogP contribution in [0.4, 0.5) is 5.69 Å². The summed E-state index contributed by atoms with van der Waals surface area (Å²) in [5.41, 5.74) is 0.388. The topological polar surface area (TPSA) is 78.7 Å². The Morgan fingerprint density at radius 1 is 1.29 bits per heavy atom. The predicted molar refractivity (Wildman–Crippen MR) is 60.6 cm³/mol. The van der Waals surface area contributed by atoms with E-state index in [1.165, 1.54) is 33.3 Å². The number of hydrogen-bond acceptors (Lipinski definition) is 5. The number of rotatable bonds is 5. The van der Waals surface area contributed by atoms with Crippen LogP contribution in [0.5, 0.6) is 11.5 Å². The zero-order valence-electron chi connectivity index (χ0n) is 9.85. The zero-order valence-corrected chi connectivity index (χ0v) is 9.85. The van der Waals surface area contributed by atoms with Gasteiger partial charge < -0.3 is 9.47 Å². The van der Waals surface area contributed by atoms with Crippen molar-refractivity contribution in [2.45, 2.75) is 13.3 Å². The molecule has 0 radical (unpaired) electrons. The highest BCUT2D eigenvalue weighted by molar-refractivity contribution is 5.79. The van der Waals surface area contributed by atoms with E-state index >= 15 is 0 Å².